The summed E-state index contributed by atoms with van der Waals surface area (Å²) >= 11 is 3.55. The van der Waals surface area contributed by atoms with Crippen molar-refractivity contribution >= 4 is 27.3 Å². The van der Waals surface area contributed by atoms with Crippen molar-refractivity contribution in [3.63, 3.8) is 0 Å². The van der Waals surface area contributed by atoms with E-state index >= 15 is 0 Å². The van der Waals surface area contributed by atoms with Gasteiger partial charge in [-0.25, -0.2) is 0 Å². The molecule has 2 rings (SSSR count). The van der Waals surface area contributed by atoms with Crippen molar-refractivity contribution in [3.05, 3.63) is 16.9 Å². The lowest BCUT2D eigenvalue weighted by atomic mass is 10.00. The Morgan fingerprint density at radius 3 is 2.93 bits per heavy atom. The number of halogens is 1. The quantitative estimate of drug-likeness (QED) is 0.850. The summed E-state index contributed by atoms with van der Waals surface area (Å²) in [5.74, 6) is 0.635. The molecule has 1 N–H and O–H groups in total. The predicted octanol–water partition coefficient (Wildman–Crippen LogP) is 2.73. The third kappa shape index (κ3) is 1.83. The molecular formula is C11H16BrN3. The number of nitrogens with one attached hydrogen (secondary N) is 1. The van der Waals surface area contributed by atoms with Gasteiger partial charge >= 0.3 is 0 Å². The van der Waals surface area contributed by atoms with Gasteiger partial charge in [-0.3, -0.25) is 4.98 Å². The van der Waals surface area contributed by atoms with Gasteiger partial charge < -0.3 is 10.2 Å². The highest BCUT2D eigenvalue weighted by Crippen LogP contribution is 2.37. The molecule has 3 nitrogen and oxygen atoms in total. The van der Waals surface area contributed by atoms with E-state index in [1.807, 2.05) is 12.4 Å². The van der Waals surface area contributed by atoms with Crippen LogP contribution in [0, 0.1) is 5.92 Å². The molecule has 0 unspecified atom stereocenters. The molecule has 1 aliphatic heterocycles. The molecule has 1 atom stereocenters. The monoisotopic (exact) mass is 269 g/mol. The number of anilines is 2. The fraction of sp³-hybridized carbons (Fsp3) is 0.545. The van der Waals surface area contributed by atoms with Crippen LogP contribution < -0.4 is 10.2 Å². The second kappa shape index (κ2) is 4.00. The zero-order valence-electron chi connectivity index (χ0n) is 9.29. The Hall–Kier alpha value is -0.770. The van der Waals surface area contributed by atoms with Crippen LogP contribution >= 0.6 is 15.9 Å². The molecule has 1 aliphatic rings. The Morgan fingerprint density at radius 2 is 2.27 bits per heavy atom. The van der Waals surface area contributed by atoms with E-state index < -0.39 is 0 Å². The van der Waals surface area contributed by atoms with E-state index in [1.165, 1.54) is 5.69 Å². The van der Waals surface area contributed by atoms with E-state index in [0.717, 1.165) is 16.7 Å². The zero-order valence-corrected chi connectivity index (χ0v) is 10.9. The Labute approximate surface area is 99.0 Å². The molecule has 0 fully saturated rings. The van der Waals surface area contributed by atoms with Crippen LogP contribution in [0.1, 0.15) is 13.8 Å². The van der Waals surface area contributed by atoms with Gasteiger partial charge in [0.25, 0.3) is 0 Å². The van der Waals surface area contributed by atoms with Crippen LogP contribution in [0.2, 0.25) is 0 Å². The first-order valence-corrected chi connectivity index (χ1v) is 6.00. The van der Waals surface area contributed by atoms with Crippen molar-refractivity contribution < 1.29 is 0 Å². The average Bonchev–Trinajstić information content (AvgIpc) is 2.17. The maximum Gasteiger partial charge on any atom is 0.0778 e. The lowest BCUT2D eigenvalue weighted by molar-refractivity contribution is 0.482. The second-order valence-electron chi connectivity index (χ2n) is 4.32. The lowest BCUT2D eigenvalue weighted by Crippen LogP contribution is -2.45. The first kappa shape index (κ1) is 10.7. The van der Waals surface area contributed by atoms with Gasteiger partial charge in [0, 0.05) is 25.8 Å². The number of fused-ring (bicyclic) bond motifs is 1. The van der Waals surface area contributed by atoms with Gasteiger partial charge in [-0.2, -0.15) is 0 Å². The van der Waals surface area contributed by atoms with Crippen LogP contribution in [0.3, 0.4) is 0 Å². The van der Waals surface area contributed by atoms with Gasteiger partial charge in [0.05, 0.1) is 22.0 Å². The zero-order chi connectivity index (χ0) is 11.0. The maximum absolute atomic E-state index is 4.17. The number of nitrogens with zero attached hydrogens (tertiary/aromatic N) is 2. The van der Waals surface area contributed by atoms with Crippen LogP contribution in [0.5, 0.6) is 0 Å². The van der Waals surface area contributed by atoms with Crippen LogP contribution in [-0.2, 0) is 0 Å². The van der Waals surface area contributed by atoms with Crippen molar-refractivity contribution in [2.24, 2.45) is 5.92 Å². The standard InChI is InChI=1S/C11H16BrN3/c1-7(2)10-6-14-9-5-13-4-8(12)11(9)15(10)3/h4-5,7,10,14H,6H2,1-3H3/t10-/m0/s1. The van der Waals surface area contributed by atoms with Gasteiger partial charge in [0.15, 0.2) is 0 Å². The van der Waals surface area contributed by atoms with Gasteiger partial charge in [-0.05, 0) is 21.8 Å². The summed E-state index contributed by atoms with van der Waals surface area (Å²) in [5, 5.41) is 3.43. The maximum atomic E-state index is 4.17. The van der Waals surface area contributed by atoms with Crippen LogP contribution in [0.15, 0.2) is 16.9 Å². The van der Waals surface area contributed by atoms with E-state index in [0.29, 0.717) is 12.0 Å². The predicted molar refractivity (Wildman–Crippen MR) is 67.5 cm³/mol. The highest BCUT2D eigenvalue weighted by molar-refractivity contribution is 9.10. The normalized spacial score (nSPS) is 20.1. The highest BCUT2D eigenvalue weighted by Gasteiger charge is 2.27. The fourth-order valence-corrected chi connectivity index (χ4v) is 2.73. The summed E-state index contributed by atoms with van der Waals surface area (Å²) in [6.45, 7) is 5.49. The summed E-state index contributed by atoms with van der Waals surface area (Å²) in [6, 6.07) is 0.538. The van der Waals surface area contributed by atoms with E-state index in [4.69, 9.17) is 0 Å². The number of hydrogen-bond acceptors (Lipinski definition) is 3. The molecule has 82 valence electrons. The number of pyridine rings is 1. The van der Waals surface area contributed by atoms with Crippen LogP contribution in [-0.4, -0.2) is 24.6 Å². The molecular weight excluding hydrogens is 254 g/mol. The van der Waals surface area contributed by atoms with Gasteiger partial charge in [0.2, 0.25) is 0 Å². The largest absolute Gasteiger partial charge is 0.380 e. The smallest absolute Gasteiger partial charge is 0.0778 e. The second-order valence-corrected chi connectivity index (χ2v) is 5.17. The highest BCUT2D eigenvalue weighted by atomic mass is 79.9. The molecule has 0 amide bonds. The lowest BCUT2D eigenvalue weighted by Gasteiger charge is -2.39. The average molecular weight is 270 g/mol. The molecule has 1 aromatic heterocycles. The van der Waals surface area contributed by atoms with E-state index in [9.17, 15) is 0 Å². The minimum Gasteiger partial charge on any atom is -0.380 e. The fourth-order valence-electron chi connectivity index (χ4n) is 2.12. The minimum atomic E-state index is 0.538. The number of aromatic nitrogens is 1. The van der Waals surface area contributed by atoms with Crippen molar-refractivity contribution in [3.8, 4) is 0 Å². The molecule has 4 heteroatoms. The van der Waals surface area contributed by atoms with Gasteiger partial charge in [-0.1, -0.05) is 13.8 Å². The van der Waals surface area contributed by atoms with Crippen molar-refractivity contribution in [2.75, 3.05) is 23.8 Å². The summed E-state index contributed by atoms with van der Waals surface area (Å²) in [7, 11) is 2.15. The molecule has 0 aliphatic carbocycles. The van der Waals surface area contributed by atoms with Crippen molar-refractivity contribution in [2.45, 2.75) is 19.9 Å². The third-order valence-corrected chi connectivity index (χ3v) is 3.57. The minimum absolute atomic E-state index is 0.538. The third-order valence-electron chi connectivity index (χ3n) is 2.99. The van der Waals surface area contributed by atoms with Crippen molar-refractivity contribution in [1.29, 1.82) is 0 Å². The SMILES string of the molecule is CC(C)[C@@H]1CNc2cncc(Br)c2N1C. The van der Waals surface area contributed by atoms with E-state index in [2.05, 4.69) is 52.0 Å². The Bertz CT molecular complexity index is 365. The Kier molecular flexibility index (Phi) is 2.87. The first-order valence-electron chi connectivity index (χ1n) is 5.21. The number of hydrogen-bond donors (Lipinski definition) is 1. The molecule has 2 heterocycles. The van der Waals surface area contributed by atoms with Crippen molar-refractivity contribution in [1.82, 2.24) is 4.98 Å². The van der Waals surface area contributed by atoms with Crippen LogP contribution in [0.4, 0.5) is 11.4 Å². The summed E-state index contributed by atoms with van der Waals surface area (Å²) in [6.07, 6.45) is 3.73. The molecule has 0 radical (unpaired) electrons. The molecule has 1 aromatic rings. The summed E-state index contributed by atoms with van der Waals surface area (Å²) in [5.41, 5.74) is 2.33. The molecule has 0 bridgehead atoms. The summed E-state index contributed by atoms with van der Waals surface area (Å²) < 4.78 is 1.06. The van der Waals surface area contributed by atoms with E-state index in [-0.39, 0.29) is 0 Å². The van der Waals surface area contributed by atoms with Gasteiger partial charge in [0.1, 0.15) is 0 Å². The summed E-state index contributed by atoms with van der Waals surface area (Å²) in [4.78, 5) is 6.50. The molecule has 0 saturated heterocycles. The van der Waals surface area contributed by atoms with Crippen LogP contribution in [0.25, 0.3) is 0 Å². The molecule has 15 heavy (non-hydrogen) atoms. The number of rotatable bonds is 1. The first-order chi connectivity index (χ1) is 7.11. The molecule has 0 saturated carbocycles. The molecule has 0 aromatic carbocycles. The molecule has 0 spiro atoms. The van der Waals surface area contributed by atoms with E-state index in [1.54, 1.807) is 0 Å². The topological polar surface area (TPSA) is 28.2 Å². The number of likely N-dealkylation sites (N-methyl/N-ethyl adjacent to an activating group) is 1. The van der Waals surface area contributed by atoms with Gasteiger partial charge in [-0.15, -0.1) is 0 Å². The Balaban J connectivity index is 2.40. The Morgan fingerprint density at radius 1 is 1.53 bits per heavy atom.